The van der Waals surface area contributed by atoms with Gasteiger partial charge in [-0.15, -0.1) is 0 Å². The first-order valence-corrected chi connectivity index (χ1v) is 10.3. The van der Waals surface area contributed by atoms with Crippen LogP contribution in [0.4, 0.5) is 0 Å². The molecular formula is C22H28N2O5. The van der Waals surface area contributed by atoms with E-state index in [0.29, 0.717) is 35.9 Å². The summed E-state index contributed by atoms with van der Waals surface area (Å²) in [6.07, 6.45) is 11.2. The van der Waals surface area contributed by atoms with Gasteiger partial charge in [0, 0.05) is 12.0 Å². The lowest BCUT2D eigenvalue weighted by molar-refractivity contribution is -0.132. The summed E-state index contributed by atoms with van der Waals surface area (Å²) in [5.74, 6) is -0.349. The summed E-state index contributed by atoms with van der Waals surface area (Å²) in [6.45, 7) is 2.42. The van der Waals surface area contributed by atoms with Gasteiger partial charge in [-0.05, 0) is 37.0 Å². The van der Waals surface area contributed by atoms with Crippen molar-refractivity contribution in [2.24, 2.45) is 5.92 Å². The van der Waals surface area contributed by atoms with Crippen LogP contribution >= 0.6 is 0 Å². The second kappa shape index (κ2) is 9.58. The number of unbranched alkanes of at least 4 members (excludes halogenated alkanes) is 1. The Bertz CT molecular complexity index is 887. The summed E-state index contributed by atoms with van der Waals surface area (Å²) in [7, 11) is 0. The van der Waals surface area contributed by atoms with Crippen molar-refractivity contribution in [3.8, 4) is 0 Å². The van der Waals surface area contributed by atoms with Gasteiger partial charge in [-0.2, -0.15) is 0 Å². The molecule has 0 atom stereocenters. The van der Waals surface area contributed by atoms with Crippen LogP contribution < -0.4 is 0 Å². The van der Waals surface area contributed by atoms with Crippen molar-refractivity contribution in [3.05, 3.63) is 46.9 Å². The van der Waals surface area contributed by atoms with E-state index in [4.69, 9.17) is 9.52 Å². The number of hydrogen-bond acceptors (Lipinski definition) is 4. The standard InChI is InChI=1S/C22H28N2O5/c1-2-3-8-20-23-13-17(12-16(21(25)26)11-15-6-4-5-7-15)24(20)14-18-9-10-19(29-18)22(27)28/h9-10,12-13,15H,2-8,11,14H2,1H3,(H,25,26)(H,27,28)/b16-12+. The highest BCUT2D eigenvalue weighted by atomic mass is 16.4. The van der Waals surface area contributed by atoms with Crippen molar-refractivity contribution < 1.29 is 24.2 Å². The molecule has 0 spiro atoms. The lowest BCUT2D eigenvalue weighted by Crippen LogP contribution is -2.09. The smallest absolute Gasteiger partial charge is 0.371 e. The zero-order valence-electron chi connectivity index (χ0n) is 16.8. The first kappa shape index (κ1) is 20.9. The van der Waals surface area contributed by atoms with E-state index >= 15 is 0 Å². The molecule has 1 saturated carbocycles. The number of aliphatic carboxylic acids is 1. The number of aromatic nitrogens is 2. The molecule has 1 fully saturated rings. The van der Waals surface area contributed by atoms with Crippen LogP contribution in [-0.4, -0.2) is 31.7 Å². The maximum absolute atomic E-state index is 11.8. The van der Waals surface area contributed by atoms with Crippen molar-refractivity contribution in [1.29, 1.82) is 0 Å². The molecule has 2 N–H and O–H groups in total. The number of aromatic carboxylic acids is 1. The van der Waals surface area contributed by atoms with Gasteiger partial charge in [0.1, 0.15) is 11.6 Å². The molecule has 7 nitrogen and oxygen atoms in total. The molecule has 0 aliphatic heterocycles. The highest BCUT2D eigenvalue weighted by Gasteiger charge is 2.21. The number of carboxylic acids is 2. The Kier molecular flexibility index (Phi) is 6.90. The van der Waals surface area contributed by atoms with Crippen molar-refractivity contribution in [3.63, 3.8) is 0 Å². The van der Waals surface area contributed by atoms with E-state index in [9.17, 15) is 14.7 Å². The molecular weight excluding hydrogens is 372 g/mol. The highest BCUT2D eigenvalue weighted by molar-refractivity contribution is 5.91. The van der Waals surface area contributed by atoms with E-state index in [0.717, 1.165) is 37.9 Å². The number of rotatable bonds is 10. The molecule has 0 unspecified atom stereocenters. The molecule has 2 aromatic rings. The van der Waals surface area contributed by atoms with Gasteiger partial charge in [-0.3, -0.25) is 0 Å². The maximum atomic E-state index is 11.8. The van der Waals surface area contributed by atoms with E-state index in [-0.39, 0.29) is 5.76 Å². The van der Waals surface area contributed by atoms with E-state index < -0.39 is 11.9 Å². The summed E-state index contributed by atoms with van der Waals surface area (Å²) in [4.78, 5) is 27.4. The van der Waals surface area contributed by atoms with Gasteiger partial charge in [0.15, 0.2) is 0 Å². The quantitative estimate of drug-likeness (QED) is 0.564. The Morgan fingerprint density at radius 3 is 2.66 bits per heavy atom. The SMILES string of the molecule is CCCCc1ncc(/C=C(\CC2CCCC2)C(=O)O)n1Cc1ccc(C(=O)O)o1. The molecule has 0 bridgehead atoms. The highest BCUT2D eigenvalue weighted by Crippen LogP contribution is 2.31. The first-order valence-electron chi connectivity index (χ1n) is 10.3. The fourth-order valence-electron chi connectivity index (χ4n) is 3.91. The summed E-state index contributed by atoms with van der Waals surface area (Å²) < 4.78 is 7.34. The number of hydrogen-bond donors (Lipinski definition) is 2. The van der Waals surface area contributed by atoms with Gasteiger partial charge >= 0.3 is 11.9 Å². The molecule has 2 aromatic heterocycles. The molecule has 0 amide bonds. The minimum absolute atomic E-state index is 0.111. The third kappa shape index (κ3) is 5.37. The largest absolute Gasteiger partial charge is 0.478 e. The Labute approximate surface area is 170 Å². The minimum Gasteiger partial charge on any atom is -0.478 e. The number of imidazole rings is 1. The first-order chi connectivity index (χ1) is 14.0. The zero-order chi connectivity index (χ0) is 20.8. The van der Waals surface area contributed by atoms with Gasteiger partial charge in [0.25, 0.3) is 0 Å². The van der Waals surface area contributed by atoms with Gasteiger partial charge in [0.05, 0.1) is 18.4 Å². The maximum Gasteiger partial charge on any atom is 0.371 e. The third-order valence-electron chi connectivity index (χ3n) is 5.49. The Hall–Kier alpha value is -2.83. The van der Waals surface area contributed by atoms with Crippen LogP contribution in [-0.2, 0) is 17.8 Å². The molecule has 3 rings (SSSR count). The van der Waals surface area contributed by atoms with Crippen molar-refractivity contribution in [2.45, 2.75) is 64.8 Å². The lowest BCUT2D eigenvalue weighted by Gasteiger charge is -2.12. The molecule has 29 heavy (non-hydrogen) atoms. The monoisotopic (exact) mass is 400 g/mol. The zero-order valence-corrected chi connectivity index (χ0v) is 16.8. The number of carboxylic acid groups (broad SMARTS) is 2. The molecule has 7 heteroatoms. The van der Waals surface area contributed by atoms with Crippen molar-refractivity contribution in [2.75, 3.05) is 0 Å². The normalized spacial score (nSPS) is 15.1. The van der Waals surface area contributed by atoms with Crippen molar-refractivity contribution in [1.82, 2.24) is 9.55 Å². The summed E-state index contributed by atoms with van der Waals surface area (Å²) in [5.41, 5.74) is 1.10. The predicted molar refractivity (Wildman–Crippen MR) is 108 cm³/mol. The second-order valence-electron chi connectivity index (χ2n) is 7.69. The number of nitrogens with zero attached hydrogens (tertiary/aromatic N) is 2. The van der Waals surface area contributed by atoms with Gasteiger partial charge < -0.3 is 19.2 Å². The fraction of sp³-hybridized carbons (Fsp3) is 0.500. The van der Waals surface area contributed by atoms with Crippen LogP contribution in [0.15, 0.2) is 28.3 Å². The Balaban J connectivity index is 1.90. The molecule has 0 aromatic carbocycles. The van der Waals surface area contributed by atoms with E-state index in [1.807, 2.05) is 4.57 Å². The topological polar surface area (TPSA) is 106 Å². The number of aryl methyl sites for hydroxylation is 1. The summed E-state index contributed by atoms with van der Waals surface area (Å²) >= 11 is 0. The van der Waals surface area contributed by atoms with E-state index in [1.165, 1.54) is 18.9 Å². The molecule has 156 valence electrons. The third-order valence-corrected chi connectivity index (χ3v) is 5.49. The Morgan fingerprint density at radius 1 is 1.28 bits per heavy atom. The average Bonchev–Trinajstić information content (AvgIpc) is 3.42. The Morgan fingerprint density at radius 2 is 2.03 bits per heavy atom. The van der Waals surface area contributed by atoms with Crippen molar-refractivity contribution >= 4 is 18.0 Å². The van der Waals surface area contributed by atoms with Crippen LogP contribution in [0.25, 0.3) is 6.08 Å². The average molecular weight is 400 g/mol. The minimum atomic E-state index is -1.11. The van der Waals surface area contributed by atoms with Gasteiger partial charge in [0.2, 0.25) is 5.76 Å². The molecule has 1 aliphatic rings. The lowest BCUT2D eigenvalue weighted by atomic mass is 9.97. The van der Waals surface area contributed by atoms with Gasteiger partial charge in [-0.25, -0.2) is 14.6 Å². The van der Waals surface area contributed by atoms with Crippen LogP contribution in [0.2, 0.25) is 0 Å². The van der Waals surface area contributed by atoms with Crippen LogP contribution in [0.1, 0.15) is 79.7 Å². The van der Waals surface area contributed by atoms with E-state index in [1.54, 1.807) is 18.3 Å². The van der Waals surface area contributed by atoms with Crippen LogP contribution in [0.5, 0.6) is 0 Å². The number of carbonyl (C=O) groups is 2. The molecule has 0 saturated heterocycles. The second-order valence-corrected chi connectivity index (χ2v) is 7.69. The predicted octanol–water partition coefficient (Wildman–Crippen LogP) is 4.61. The summed E-state index contributed by atoms with van der Waals surface area (Å²) in [5, 5.41) is 18.8. The summed E-state index contributed by atoms with van der Waals surface area (Å²) in [6, 6.07) is 3.07. The van der Waals surface area contributed by atoms with E-state index in [2.05, 4.69) is 11.9 Å². The molecule has 0 radical (unpaired) electrons. The van der Waals surface area contributed by atoms with Crippen LogP contribution in [0, 0.1) is 5.92 Å². The number of furan rings is 1. The van der Waals surface area contributed by atoms with Crippen LogP contribution in [0.3, 0.4) is 0 Å². The molecule has 1 aliphatic carbocycles. The van der Waals surface area contributed by atoms with Gasteiger partial charge in [-0.1, -0.05) is 39.0 Å². The fourth-order valence-corrected chi connectivity index (χ4v) is 3.91. The molecule has 2 heterocycles.